The van der Waals surface area contributed by atoms with Crippen LogP contribution in [0.2, 0.25) is 5.02 Å². The minimum atomic E-state index is -4.15. The maximum Gasteiger partial charge on any atom is 0.264 e. The number of rotatable bonds is 11. The third-order valence-electron chi connectivity index (χ3n) is 6.26. The fourth-order valence-electron chi connectivity index (χ4n) is 4.19. The third kappa shape index (κ3) is 6.94. The lowest BCUT2D eigenvalue weighted by Crippen LogP contribution is -2.52. The summed E-state index contributed by atoms with van der Waals surface area (Å²) in [5.74, 6) is -0.784. The van der Waals surface area contributed by atoms with Crippen LogP contribution >= 0.6 is 11.6 Å². The number of likely N-dealkylation sites (N-methyl/N-ethyl adjacent to an activating group) is 1. The highest BCUT2D eigenvalue weighted by Gasteiger charge is 2.34. The summed E-state index contributed by atoms with van der Waals surface area (Å²) in [7, 11) is -4.15. The second-order valence-corrected chi connectivity index (χ2v) is 11.4. The molecule has 1 atom stereocenters. The normalized spacial score (nSPS) is 12.0. The first-order valence-corrected chi connectivity index (χ1v) is 14.4. The number of hydrogen-bond acceptors (Lipinski definition) is 4. The van der Waals surface area contributed by atoms with Gasteiger partial charge in [-0.15, -0.1) is 0 Å². The zero-order valence-corrected chi connectivity index (χ0v) is 23.7. The van der Waals surface area contributed by atoms with E-state index in [0.717, 1.165) is 15.4 Å². The van der Waals surface area contributed by atoms with Crippen molar-refractivity contribution in [1.29, 1.82) is 0 Å². The van der Waals surface area contributed by atoms with E-state index in [1.54, 1.807) is 37.3 Å². The molecule has 3 aromatic rings. The second kappa shape index (κ2) is 12.9. The van der Waals surface area contributed by atoms with E-state index >= 15 is 0 Å². The van der Waals surface area contributed by atoms with Crippen LogP contribution in [0.4, 0.5) is 5.69 Å². The van der Waals surface area contributed by atoms with Gasteiger partial charge < -0.3 is 10.2 Å². The summed E-state index contributed by atoms with van der Waals surface area (Å²) in [5, 5.41) is 3.14. The molecule has 0 saturated heterocycles. The van der Waals surface area contributed by atoms with Crippen LogP contribution in [0.25, 0.3) is 0 Å². The van der Waals surface area contributed by atoms with Crippen LogP contribution in [0, 0.1) is 13.8 Å². The first kappa shape index (κ1) is 29.2. The first-order chi connectivity index (χ1) is 18.1. The van der Waals surface area contributed by atoms with E-state index in [4.69, 9.17) is 11.6 Å². The minimum Gasteiger partial charge on any atom is -0.355 e. The molecule has 0 aromatic heterocycles. The number of carbonyl (C=O) groups is 2. The van der Waals surface area contributed by atoms with E-state index in [1.807, 2.05) is 51.1 Å². The number of hydrogen-bond donors (Lipinski definition) is 1. The Hall–Kier alpha value is -3.36. The fourth-order valence-corrected chi connectivity index (χ4v) is 5.83. The second-order valence-electron chi connectivity index (χ2n) is 9.08. The quantitative estimate of drug-likeness (QED) is 0.357. The highest BCUT2D eigenvalue weighted by molar-refractivity contribution is 7.92. The van der Waals surface area contributed by atoms with Gasteiger partial charge in [0.2, 0.25) is 11.8 Å². The number of aryl methyl sites for hydroxylation is 2. The van der Waals surface area contributed by atoms with E-state index in [2.05, 4.69) is 5.32 Å². The largest absolute Gasteiger partial charge is 0.355 e. The predicted molar refractivity (Wildman–Crippen MR) is 152 cm³/mol. The zero-order chi connectivity index (χ0) is 27.9. The van der Waals surface area contributed by atoms with Crippen molar-refractivity contribution >= 4 is 39.1 Å². The van der Waals surface area contributed by atoms with Crippen LogP contribution in [0.5, 0.6) is 0 Å². The lowest BCUT2D eigenvalue weighted by molar-refractivity contribution is -0.140. The number of anilines is 1. The molecule has 2 amide bonds. The Balaban J connectivity index is 2.09. The minimum absolute atomic E-state index is 0.0562. The predicted octanol–water partition coefficient (Wildman–Crippen LogP) is 5.10. The van der Waals surface area contributed by atoms with Gasteiger partial charge >= 0.3 is 0 Å². The Bertz CT molecular complexity index is 1360. The summed E-state index contributed by atoms with van der Waals surface area (Å²) in [6.07, 6.45) is 0.366. The summed E-state index contributed by atoms with van der Waals surface area (Å²) >= 11 is 6.26. The van der Waals surface area contributed by atoms with Crippen molar-refractivity contribution in [3.8, 4) is 0 Å². The Morgan fingerprint density at radius 3 is 2.21 bits per heavy atom. The Kier molecular flexibility index (Phi) is 9.94. The van der Waals surface area contributed by atoms with Gasteiger partial charge in [-0.3, -0.25) is 13.9 Å². The van der Waals surface area contributed by atoms with Crippen molar-refractivity contribution in [3.63, 3.8) is 0 Å². The van der Waals surface area contributed by atoms with Gasteiger partial charge in [-0.2, -0.15) is 0 Å². The van der Waals surface area contributed by atoms with Crippen molar-refractivity contribution < 1.29 is 18.0 Å². The molecule has 202 valence electrons. The first-order valence-electron chi connectivity index (χ1n) is 12.5. The molecular weight excluding hydrogens is 522 g/mol. The molecule has 1 N–H and O–H groups in total. The molecule has 0 fully saturated rings. The number of benzene rings is 3. The van der Waals surface area contributed by atoms with E-state index in [9.17, 15) is 18.0 Å². The maximum atomic E-state index is 14.0. The number of amides is 2. The van der Waals surface area contributed by atoms with Crippen LogP contribution in [0.15, 0.2) is 77.7 Å². The molecule has 9 heteroatoms. The summed E-state index contributed by atoms with van der Waals surface area (Å²) < 4.78 is 29.0. The molecule has 0 aliphatic carbocycles. The monoisotopic (exact) mass is 555 g/mol. The lowest BCUT2D eigenvalue weighted by Gasteiger charge is -2.33. The van der Waals surface area contributed by atoms with Crippen LogP contribution in [0.3, 0.4) is 0 Å². The summed E-state index contributed by atoms with van der Waals surface area (Å²) in [6.45, 7) is 7.34. The molecule has 0 aliphatic rings. The molecule has 0 unspecified atom stereocenters. The van der Waals surface area contributed by atoms with Crippen LogP contribution in [0.1, 0.15) is 37.0 Å². The molecule has 0 radical (unpaired) electrons. The molecule has 0 spiro atoms. The van der Waals surface area contributed by atoms with E-state index in [-0.39, 0.29) is 17.3 Å². The number of nitrogens with one attached hydrogen (secondary N) is 1. The molecule has 7 nitrogen and oxygen atoms in total. The summed E-state index contributed by atoms with van der Waals surface area (Å²) in [6, 6.07) is 19.9. The van der Waals surface area contributed by atoms with Crippen molar-refractivity contribution in [2.75, 3.05) is 17.4 Å². The third-order valence-corrected chi connectivity index (χ3v) is 8.27. The smallest absolute Gasteiger partial charge is 0.264 e. The molecule has 3 rings (SSSR count). The van der Waals surface area contributed by atoms with Gasteiger partial charge in [0.15, 0.2) is 0 Å². The number of sulfonamides is 1. The van der Waals surface area contributed by atoms with Gasteiger partial charge in [0.25, 0.3) is 10.0 Å². The molecule has 3 aromatic carbocycles. The SMILES string of the molecule is CCNC(=O)[C@H](CC)N(Cc1ccccc1)C(=O)CN(c1cc(Cl)ccc1C)S(=O)(=O)c1ccc(C)cc1. The zero-order valence-electron chi connectivity index (χ0n) is 22.1. The standard InChI is InChI=1S/C29H34ClN3O4S/c1-5-26(29(35)31-6-2)32(19-23-10-8-7-9-11-23)28(34)20-33(27-18-24(30)15-14-22(27)4)38(36,37)25-16-12-21(3)13-17-25/h7-18,26H,5-6,19-20H2,1-4H3,(H,31,35)/t26-/m0/s1. The van der Waals surface area contributed by atoms with Crippen molar-refractivity contribution in [2.45, 2.75) is 51.6 Å². The molecule has 0 bridgehead atoms. The van der Waals surface area contributed by atoms with Gasteiger partial charge in [0, 0.05) is 18.1 Å². The van der Waals surface area contributed by atoms with Crippen molar-refractivity contribution in [2.24, 2.45) is 0 Å². The van der Waals surface area contributed by atoms with Crippen LogP contribution < -0.4 is 9.62 Å². The average Bonchev–Trinajstić information content (AvgIpc) is 2.89. The molecule has 0 heterocycles. The van der Waals surface area contributed by atoms with E-state index < -0.39 is 28.5 Å². The molecule has 38 heavy (non-hydrogen) atoms. The Morgan fingerprint density at radius 1 is 0.947 bits per heavy atom. The molecule has 0 aliphatic heterocycles. The molecule has 0 saturated carbocycles. The highest BCUT2D eigenvalue weighted by atomic mass is 35.5. The van der Waals surface area contributed by atoms with Gasteiger partial charge in [0.1, 0.15) is 12.6 Å². The van der Waals surface area contributed by atoms with Crippen LogP contribution in [-0.4, -0.2) is 44.3 Å². The molecular formula is C29H34ClN3O4S. The Labute approximate surface area is 230 Å². The van der Waals surface area contributed by atoms with E-state index in [0.29, 0.717) is 29.2 Å². The summed E-state index contributed by atoms with van der Waals surface area (Å²) in [4.78, 5) is 28.4. The fraction of sp³-hybridized carbons (Fsp3) is 0.310. The van der Waals surface area contributed by atoms with Gasteiger partial charge in [-0.25, -0.2) is 8.42 Å². The summed E-state index contributed by atoms with van der Waals surface area (Å²) in [5.41, 5.74) is 2.68. The highest BCUT2D eigenvalue weighted by Crippen LogP contribution is 2.30. The van der Waals surface area contributed by atoms with Gasteiger partial charge in [0.05, 0.1) is 10.6 Å². The maximum absolute atomic E-state index is 14.0. The number of halogens is 1. The topological polar surface area (TPSA) is 86.8 Å². The average molecular weight is 556 g/mol. The van der Waals surface area contributed by atoms with E-state index in [1.165, 1.54) is 17.0 Å². The lowest BCUT2D eigenvalue weighted by atomic mass is 10.1. The number of carbonyl (C=O) groups excluding carboxylic acids is 2. The van der Waals surface area contributed by atoms with Gasteiger partial charge in [-0.1, -0.05) is 72.6 Å². The van der Waals surface area contributed by atoms with Crippen molar-refractivity contribution in [3.05, 3.63) is 94.5 Å². The number of nitrogens with zero attached hydrogens (tertiary/aromatic N) is 2. The van der Waals surface area contributed by atoms with Gasteiger partial charge in [-0.05, 0) is 62.6 Å². The van der Waals surface area contributed by atoms with Crippen LogP contribution in [-0.2, 0) is 26.2 Å². The van der Waals surface area contributed by atoms with Crippen molar-refractivity contribution in [1.82, 2.24) is 10.2 Å². The Morgan fingerprint density at radius 2 is 1.61 bits per heavy atom.